The van der Waals surface area contributed by atoms with Crippen molar-refractivity contribution in [2.75, 3.05) is 10.2 Å². The number of nitrogens with zero attached hydrogens (tertiary/aromatic N) is 3. The lowest BCUT2D eigenvalue weighted by Gasteiger charge is -2.29. The van der Waals surface area contributed by atoms with Crippen molar-refractivity contribution in [2.24, 2.45) is 0 Å². The van der Waals surface area contributed by atoms with Gasteiger partial charge in [0.05, 0.1) is 28.1 Å². The zero-order valence-electron chi connectivity index (χ0n) is 22.1. The summed E-state index contributed by atoms with van der Waals surface area (Å²) in [5, 5.41) is 9.72. The number of benzene rings is 1. The fraction of sp³-hybridized carbons (Fsp3) is 0.276. The van der Waals surface area contributed by atoms with E-state index in [1.165, 1.54) is 11.3 Å². The number of urea groups is 1. The van der Waals surface area contributed by atoms with E-state index in [0.717, 1.165) is 19.3 Å². The van der Waals surface area contributed by atoms with Crippen LogP contribution >= 0.6 is 11.3 Å². The van der Waals surface area contributed by atoms with Gasteiger partial charge in [0.25, 0.3) is 5.91 Å². The molecule has 4 amide bonds. The number of aromatic nitrogens is 2. The van der Waals surface area contributed by atoms with E-state index in [-0.39, 0.29) is 23.9 Å². The number of hydrogen-bond donors (Lipinski definition) is 3. The quantitative estimate of drug-likeness (QED) is 0.270. The highest BCUT2D eigenvalue weighted by Crippen LogP contribution is 2.46. The molecule has 3 aromatic heterocycles. The van der Waals surface area contributed by atoms with Gasteiger partial charge in [-0.2, -0.15) is 0 Å². The second kappa shape index (κ2) is 10.6. The van der Waals surface area contributed by atoms with Crippen molar-refractivity contribution >= 4 is 56.5 Å². The third kappa shape index (κ3) is 4.73. The van der Waals surface area contributed by atoms with Gasteiger partial charge in [-0.3, -0.25) is 14.5 Å². The Balaban J connectivity index is 1.30. The molecule has 1 saturated carbocycles. The summed E-state index contributed by atoms with van der Waals surface area (Å²) in [6.07, 6.45) is 4.54. The molecule has 3 N–H and O–H groups in total. The second-order valence-electron chi connectivity index (χ2n) is 9.79. The molecule has 0 spiro atoms. The molecule has 0 bridgehead atoms. The number of aryl methyl sites for hydroxylation is 1. The van der Waals surface area contributed by atoms with Crippen LogP contribution in [0.5, 0.6) is 11.6 Å². The fourth-order valence-corrected chi connectivity index (χ4v) is 6.29. The minimum absolute atomic E-state index is 0.0336. The molecule has 2 atom stereocenters. The SMILES string of the molecule is CCC(=O)N[C@H]1CCC[C@H]1NC(=O)c1sc2nccc3c2c1NC(=O)N3c1ccc(Oc2ccccc2)nc1C. The van der Waals surface area contributed by atoms with E-state index in [0.29, 0.717) is 55.9 Å². The monoisotopic (exact) mass is 556 g/mol. The summed E-state index contributed by atoms with van der Waals surface area (Å²) >= 11 is 1.23. The molecule has 0 saturated heterocycles. The minimum atomic E-state index is -0.400. The number of para-hydroxylation sites is 1. The first-order valence-corrected chi connectivity index (χ1v) is 14.1. The molecule has 204 valence electrons. The van der Waals surface area contributed by atoms with Gasteiger partial charge >= 0.3 is 6.03 Å². The van der Waals surface area contributed by atoms with Crippen LogP contribution in [0.3, 0.4) is 0 Å². The Morgan fingerprint density at radius 1 is 1.07 bits per heavy atom. The largest absolute Gasteiger partial charge is 0.439 e. The van der Waals surface area contributed by atoms with Crippen LogP contribution in [0, 0.1) is 6.92 Å². The molecule has 4 heterocycles. The number of nitrogens with one attached hydrogen (secondary N) is 3. The lowest BCUT2D eigenvalue weighted by molar-refractivity contribution is -0.121. The third-order valence-corrected chi connectivity index (χ3v) is 8.29. The summed E-state index contributed by atoms with van der Waals surface area (Å²) in [4.78, 5) is 50.5. The Morgan fingerprint density at radius 3 is 2.60 bits per heavy atom. The van der Waals surface area contributed by atoms with Gasteiger partial charge in [0.2, 0.25) is 11.8 Å². The van der Waals surface area contributed by atoms with Gasteiger partial charge in [0.1, 0.15) is 15.5 Å². The summed E-state index contributed by atoms with van der Waals surface area (Å²) in [6.45, 7) is 3.62. The number of hydrogen-bond acceptors (Lipinski definition) is 7. The maximum atomic E-state index is 13.5. The van der Waals surface area contributed by atoms with E-state index >= 15 is 0 Å². The summed E-state index contributed by atoms with van der Waals surface area (Å²) in [6, 6.07) is 14.0. The van der Waals surface area contributed by atoms with E-state index in [2.05, 4.69) is 25.9 Å². The van der Waals surface area contributed by atoms with E-state index < -0.39 is 6.03 Å². The molecule has 40 heavy (non-hydrogen) atoms. The van der Waals surface area contributed by atoms with E-state index in [1.807, 2.05) is 37.3 Å². The first-order chi connectivity index (χ1) is 19.4. The van der Waals surface area contributed by atoms with Crippen LogP contribution in [-0.2, 0) is 4.79 Å². The zero-order chi connectivity index (χ0) is 27.8. The Bertz CT molecular complexity index is 1620. The average Bonchev–Trinajstić information content (AvgIpc) is 3.55. The summed E-state index contributed by atoms with van der Waals surface area (Å²) < 4.78 is 5.86. The maximum absolute atomic E-state index is 13.5. The molecular weight excluding hydrogens is 528 g/mol. The number of carbonyl (C=O) groups excluding carboxylic acids is 3. The molecule has 1 aromatic carbocycles. The van der Waals surface area contributed by atoms with Gasteiger partial charge < -0.3 is 20.7 Å². The Labute approximate surface area is 234 Å². The predicted octanol–water partition coefficient (Wildman–Crippen LogP) is 5.65. The summed E-state index contributed by atoms with van der Waals surface area (Å²) in [5.41, 5.74) is 2.26. The molecule has 1 aliphatic heterocycles. The zero-order valence-corrected chi connectivity index (χ0v) is 22.9. The van der Waals surface area contributed by atoms with Crippen LogP contribution in [0.2, 0.25) is 0 Å². The molecule has 0 unspecified atom stereocenters. The third-order valence-electron chi connectivity index (χ3n) is 7.19. The topological polar surface area (TPSA) is 126 Å². The van der Waals surface area contributed by atoms with Gasteiger partial charge in [0, 0.05) is 30.8 Å². The molecule has 1 aliphatic carbocycles. The summed E-state index contributed by atoms with van der Waals surface area (Å²) in [5.74, 6) is 0.758. The van der Waals surface area contributed by atoms with Gasteiger partial charge in [-0.25, -0.2) is 14.8 Å². The van der Waals surface area contributed by atoms with Crippen LogP contribution in [0.4, 0.5) is 21.9 Å². The van der Waals surface area contributed by atoms with Crippen molar-refractivity contribution in [1.82, 2.24) is 20.6 Å². The molecule has 1 fully saturated rings. The van der Waals surface area contributed by atoms with Crippen molar-refractivity contribution in [3.8, 4) is 11.6 Å². The Hall–Kier alpha value is -4.51. The highest BCUT2D eigenvalue weighted by atomic mass is 32.1. The number of pyridine rings is 2. The van der Waals surface area contributed by atoms with Crippen molar-refractivity contribution in [3.05, 3.63) is 65.3 Å². The fourth-order valence-electron chi connectivity index (χ4n) is 5.26. The van der Waals surface area contributed by atoms with Crippen LogP contribution in [0.15, 0.2) is 54.7 Å². The second-order valence-corrected chi connectivity index (χ2v) is 10.8. The standard InChI is InChI=1S/C29H28N6O4S/c1-3-22(36)32-18-10-7-11-19(18)33-27(37)26-25-24-21(14-15-30-28(24)40-26)35(29(38)34-25)20-12-13-23(31-16(20)2)39-17-8-5-4-6-9-17/h4-6,8-9,12-15,18-19H,3,7,10-11H2,1-2H3,(H,32,36)(H,33,37)(H,34,38)/t18-,19+/m0/s1. The first kappa shape index (κ1) is 25.8. The molecule has 10 nitrogen and oxygen atoms in total. The summed E-state index contributed by atoms with van der Waals surface area (Å²) in [7, 11) is 0. The van der Waals surface area contributed by atoms with E-state index in [9.17, 15) is 14.4 Å². The maximum Gasteiger partial charge on any atom is 0.331 e. The smallest absolute Gasteiger partial charge is 0.331 e. The Kier molecular flexibility index (Phi) is 6.81. The number of ether oxygens (including phenoxy) is 1. The molecule has 2 aliphatic rings. The minimum Gasteiger partial charge on any atom is -0.439 e. The number of anilines is 3. The van der Waals surface area contributed by atoms with Crippen LogP contribution in [-0.4, -0.2) is 39.9 Å². The number of rotatable bonds is 7. The normalized spacial score (nSPS) is 17.9. The van der Waals surface area contributed by atoms with Crippen molar-refractivity contribution in [2.45, 2.75) is 51.6 Å². The number of amides is 4. The highest BCUT2D eigenvalue weighted by Gasteiger charge is 2.35. The Morgan fingerprint density at radius 2 is 1.85 bits per heavy atom. The predicted molar refractivity (Wildman–Crippen MR) is 154 cm³/mol. The number of carbonyl (C=O) groups is 3. The van der Waals surface area contributed by atoms with Crippen LogP contribution in [0.1, 0.15) is 48.0 Å². The van der Waals surface area contributed by atoms with Gasteiger partial charge in [-0.15, -0.1) is 11.3 Å². The lowest BCUT2D eigenvalue weighted by Crippen LogP contribution is -2.48. The van der Waals surface area contributed by atoms with Crippen LogP contribution in [0.25, 0.3) is 10.2 Å². The lowest BCUT2D eigenvalue weighted by atomic mass is 10.1. The molecule has 4 aromatic rings. The van der Waals surface area contributed by atoms with Crippen molar-refractivity contribution in [3.63, 3.8) is 0 Å². The molecule has 6 rings (SSSR count). The highest BCUT2D eigenvalue weighted by molar-refractivity contribution is 7.21. The molecule has 11 heteroatoms. The molecule has 0 radical (unpaired) electrons. The molecular formula is C29H28N6O4S. The van der Waals surface area contributed by atoms with Gasteiger partial charge in [-0.05, 0) is 50.5 Å². The van der Waals surface area contributed by atoms with Crippen molar-refractivity contribution < 1.29 is 19.1 Å². The first-order valence-electron chi connectivity index (χ1n) is 13.3. The van der Waals surface area contributed by atoms with E-state index in [1.54, 1.807) is 36.2 Å². The number of thiophene rings is 1. The van der Waals surface area contributed by atoms with Gasteiger partial charge in [-0.1, -0.05) is 25.1 Å². The average molecular weight is 557 g/mol. The van der Waals surface area contributed by atoms with E-state index in [4.69, 9.17) is 4.74 Å². The van der Waals surface area contributed by atoms with Gasteiger partial charge in [0.15, 0.2) is 0 Å². The van der Waals surface area contributed by atoms with Crippen LogP contribution < -0.4 is 25.6 Å². The van der Waals surface area contributed by atoms with Crippen molar-refractivity contribution in [1.29, 1.82) is 0 Å².